The van der Waals surface area contributed by atoms with Crippen LogP contribution in [0.15, 0.2) is 0 Å². The van der Waals surface area contributed by atoms with E-state index in [-0.39, 0.29) is 17.4 Å². The minimum Gasteiger partial charge on any atom is -0.390 e. The van der Waals surface area contributed by atoms with Crippen molar-refractivity contribution in [1.29, 1.82) is 0 Å². The average molecular weight is 283 g/mol. The van der Waals surface area contributed by atoms with Gasteiger partial charge in [0.15, 0.2) is 0 Å². The van der Waals surface area contributed by atoms with Crippen molar-refractivity contribution in [3.8, 4) is 0 Å². The van der Waals surface area contributed by atoms with Crippen LogP contribution in [-0.4, -0.2) is 34.7 Å². The van der Waals surface area contributed by atoms with Crippen LogP contribution in [0.2, 0.25) is 0 Å². The van der Waals surface area contributed by atoms with E-state index in [2.05, 4.69) is 12.2 Å². The fourth-order valence-corrected chi connectivity index (χ4v) is 5.70. The first-order chi connectivity index (χ1) is 8.95. The van der Waals surface area contributed by atoms with Gasteiger partial charge in [0.25, 0.3) is 0 Å². The third kappa shape index (κ3) is 2.42. The summed E-state index contributed by atoms with van der Waals surface area (Å²) in [5, 5.41) is 13.9. The average Bonchev–Trinajstić information content (AvgIpc) is 2.25. The van der Waals surface area contributed by atoms with Crippen LogP contribution in [0, 0.1) is 17.3 Å². The zero-order chi connectivity index (χ0) is 13.7. The summed E-state index contributed by atoms with van der Waals surface area (Å²) in [5.74, 6) is 2.05. The smallest absolute Gasteiger partial charge is 0.230 e. The molecular formula is C15H25NO2S. The van der Waals surface area contributed by atoms with Gasteiger partial charge in [-0.3, -0.25) is 4.79 Å². The molecule has 0 radical (unpaired) electrons. The number of hydrogen-bond acceptors (Lipinski definition) is 3. The molecule has 0 aliphatic heterocycles. The molecule has 3 atom stereocenters. The van der Waals surface area contributed by atoms with Crippen molar-refractivity contribution >= 4 is 17.7 Å². The highest BCUT2D eigenvalue weighted by molar-refractivity contribution is 7.99. The Balaban J connectivity index is 1.74. The van der Waals surface area contributed by atoms with Crippen LogP contribution in [0.5, 0.6) is 0 Å². The van der Waals surface area contributed by atoms with E-state index in [1.54, 1.807) is 11.8 Å². The number of carbonyl (C=O) groups is 1. The summed E-state index contributed by atoms with van der Waals surface area (Å²) in [6.07, 6.45) is 8.55. The minimum atomic E-state index is -0.428. The second kappa shape index (κ2) is 4.66. The molecule has 4 aliphatic rings. The molecule has 1 amide bonds. The number of hydrogen-bond donors (Lipinski definition) is 2. The Morgan fingerprint density at radius 1 is 1.37 bits per heavy atom. The highest BCUT2D eigenvalue weighted by atomic mass is 32.2. The molecule has 2 N–H and O–H groups in total. The van der Waals surface area contributed by atoms with Crippen molar-refractivity contribution < 1.29 is 9.90 Å². The van der Waals surface area contributed by atoms with Gasteiger partial charge in [0, 0.05) is 6.04 Å². The van der Waals surface area contributed by atoms with Gasteiger partial charge >= 0.3 is 0 Å². The number of amides is 1. The van der Waals surface area contributed by atoms with Crippen LogP contribution in [0.3, 0.4) is 0 Å². The van der Waals surface area contributed by atoms with Gasteiger partial charge in [0.2, 0.25) is 5.91 Å². The maximum atomic E-state index is 11.8. The molecule has 108 valence electrons. The first kappa shape index (κ1) is 13.7. The number of rotatable bonds is 4. The Morgan fingerprint density at radius 2 is 2.00 bits per heavy atom. The fraction of sp³-hybridized carbons (Fsp3) is 0.933. The third-order valence-electron chi connectivity index (χ3n) is 5.65. The SMILES string of the molecule is CSCC(=O)NC(C)C12CC3CC(CC(O)(C3)C1)C2. The van der Waals surface area contributed by atoms with Crippen LogP contribution in [0.25, 0.3) is 0 Å². The summed E-state index contributed by atoms with van der Waals surface area (Å²) in [5.41, 5.74) is -0.268. The predicted octanol–water partition coefficient (Wildman–Crippen LogP) is 2.19. The van der Waals surface area contributed by atoms with E-state index in [1.807, 2.05) is 6.26 Å². The van der Waals surface area contributed by atoms with E-state index >= 15 is 0 Å². The topological polar surface area (TPSA) is 49.3 Å². The number of aliphatic hydroxyl groups is 1. The molecule has 0 spiro atoms. The molecule has 0 saturated heterocycles. The molecular weight excluding hydrogens is 258 g/mol. The Kier molecular flexibility index (Phi) is 3.37. The van der Waals surface area contributed by atoms with Gasteiger partial charge < -0.3 is 10.4 Å². The van der Waals surface area contributed by atoms with Crippen molar-refractivity contribution in [3.05, 3.63) is 0 Å². The zero-order valence-corrected chi connectivity index (χ0v) is 12.8. The minimum absolute atomic E-state index is 0.141. The molecule has 0 aromatic heterocycles. The van der Waals surface area contributed by atoms with Crippen LogP contribution < -0.4 is 5.32 Å². The summed E-state index contributed by atoms with van der Waals surface area (Å²) in [4.78, 5) is 11.8. The van der Waals surface area contributed by atoms with Crippen molar-refractivity contribution in [2.45, 2.75) is 57.1 Å². The molecule has 0 heterocycles. The summed E-state index contributed by atoms with van der Waals surface area (Å²) in [6.45, 7) is 2.15. The van der Waals surface area contributed by atoms with Crippen molar-refractivity contribution in [3.63, 3.8) is 0 Å². The molecule has 4 heteroatoms. The molecule has 0 aromatic carbocycles. The van der Waals surface area contributed by atoms with Gasteiger partial charge in [-0.25, -0.2) is 0 Å². The van der Waals surface area contributed by atoms with Crippen LogP contribution in [0.1, 0.15) is 45.4 Å². The van der Waals surface area contributed by atoms with Gasteiger partial charge in [0.05, 0.1) is 11.4 Å². The molecule has 3 unspecified atom stereocenters. The summed E-state index contributed by atoms with van der Waals surface area (Å²) in [6, 6.07) is 0.199. The predicted molar refractivity (Wildman–Crippen MR) is 78.1 cm³/mol. The second-order valence-electron chi connectivity index (χ2n) is 7.27. The quantitative estimate of drug-likeness (QED) is 0.831. The summed E-state index contributed by atoms with van der Waals surface area (Å²) >= 11 is 1.57. The lowest BCUT2D eigenvalue weighted by Crippen LogP contribution is -2.61. The monoisotopic (exact) mass is 283 g/mol. The maximum absolute atomic E-state index is 11.8. The van der Waals surface area contributed by atoms with Gasteiger partial charge in [0.1, 0.15) is 0 Å². The van der Waals surface area contributed by atoms with Gasteiger partial charge in [-0.1, -0.05) is 0 Å². The number of carbonyl (C=O) groups excluding carboxylic acids is 1. The normalized spacial score (nSPS) is 45.2. The first-order valence-electron chi connectivity index (χ1n) is 7.45. The van der Waals surface area contributed by atoms with E-state index in [4.69, 9.17) is 0 Å². The molecule has 4 fully saturated rings. The molecule has 4 rings (SSSR count). The summed E-state index contributed by atoms with van der Waals surface area (Å²) < 4.78 is 0. The first-order valence-corrected chi connectivity index (χ1v) is 8.85. The lowest BCUT2D eigenvalue weighted by Gasteiger charge is -2.62. The Hall–Kier alpha value is -0.220. The Labute approximate surface area is 119 Å². The van der Waals surface area contributed by atoms with Crippen LogP contribution >= 0.6 is 11.8 Å². The second-order valence-corrected chi connectivity index (χ2v) is 8.14. The Bertz CT molecular complexity index is 370. The lowest BCUT2D eigenvalue weighted by molar-refractivity contribution is -0.173. The largest absolute Gasteiger partial charge is 0.390 e. The molecule has 3 nitrogen and oxygen atoms in total. The fourth-order valence-electron chi connectivity index (χ4n) is 5.36. The maximum Gasteiger partial charge on any atom is 0.230 e. The van der Waals surface area contributed by atoms with Crippen molar-refractivity contribution in [1.82, 2.24) is 5.32 Å². The van der Waals surface area contributed by atoms with Gasteiger partial charge in [-0.15, -0.1) is 0 Å². The highest BCUT2D eigenvalue weighted by Gasteiger charge is 2.58. The number of thioether (sulfide) groups is 1. The summed E-state index contributed by atoms with van der Waals surface area (Å²) in [7, 11) is 0. The van der Waals surface area contributed by atoms with E-state index < -0.39 is 5.60 Å². The molecule has 4 aliphatic carbocycles. The van der Waals surface area contributed by atoms with Gasteiger partial charge in [-0.2, -0.15) is 11.8 Å². The van der Waals surface area contributed by atoms with E-state index in [0.717, 1.165) is 19.3 Å². The van der Waals surface area contributed by atoms with Crippen molar-refractivity contribution in [2.24, 2.45) is 17.3 Å². The van der Waals surface area contributed by atoms with Crippen LogP contribution in [-0.2, 0) is 4.79 Å². The standard InChI is InChI=1S/C15H25NO2S/c1-10(16-13(17)8-19-2)14-4-11-3-12(5-14)7-15(18,6-11)9-14/h10-12,18H,3-9H2,1-2H3,(H,16,17). The molecule has 19 heavy (non-hydrogen) atoms. The van der Waals surface area contributed by atoms with Crippen LogP contribution in [0.4, 0.5) is 0 Å². The highest BCUT2D eigenvalue weighted by Crippen LogP contribution is 2.62. The lowest BCUT2D eigenvalue weighted by atomic mass is 9.46. The van der Waals surface area contributed by atoms with Gasteiger partial charge in [-0.05, 0) is 69.0 Å². The Morgan fingerprint density at radius 3 is 2.53 bits per heavy atom. The van der Waals surface area contributed by atoms with E-state index in [0.29, 0.717) is 17.6 Å². The zero-order valence-electron chi connectivity index (χ0n) is 11.9. The van der Waals surface area contributed by atoms with E-state index in [9.17, 15) is 9.90 Å². The number of nitrogens with one attached hydrogen (secondary N) is 1. The molecule has 0 aromatic rings. The third-order valence-corrected chi connectivity index (χ3v) is 6.20. The molecule has 4 bridgehead atoms. The van der Waals surface area contributed by atoms with Crippen molar-refractivity contribution in [2.75, 3.05) is 12.0 Å². The molecule has 4 saturated carbocycles. The van der Waals surface area contributed by atoms with E-state index in [1.165, 1.54) is 19.3 Å².